The monoisotopic (exact) mass is 269 g/mol. The number of ether oxygens (including phenoxy) is 1. The highest BCUT2D eigenvalue weighted by molar-refractivity contribution is 5.85. The van der Waals surface area contributed by atoms with Crippen LogP contribution >= 0.6 is 0 Å². The topological polar surface area (TPSA) is 66.8 Å². The van der Waals surface area contributed by atoms with Gasteiger partial charge in [0, 0.05) is 20.2 Å². The van der Waals surface area contributed by atoms with Gasteiger partial charge in [0.2, 0.25) is 5.91 Å². The Morgan fingerprint density at radius 3 is 2.53 bits per heavy atom. The van der Waals surface area contributed by atoms with Crippen LogP contribution in [0.2, 0.25) is 0 Å². The van der Waals surface area contributed by atoms with Gasteiger partial charge in [-0.1, -0.05) is 13.3 Å². The van der Waals surface area contributed by atoms with E-state index >= 15 is 0 Å². The van der Waals surface area contributed by atoms with Crippen molar-refractivity contribution in [2.45, 2.75) is 38.7 Å². The number of hydrogen-bond acceptors (Lipinski definition) is 3. The van der Waals surface area contributed by atoms with Crippen LogP contribution in [0.3, 0.4) is 0 Å². The molecule has 1 saturated carbocycles. The number of carboxylic acids is 1. The summed E-state index contributed by atoms with van der Waals surface area (Å²) in [6.07, 6.45) is 3.17. The van der Waals surface area contributed by atoms with E-state index in [4.69, 9.17) is 4.74 Å². The van der Waals surface area contributed by atoms with Crippen molar-refractivity contribution >= 4 is 11.9 Å². The number of nitrogens with zero attached hydrogens (tertiary/aromatic N) is 1. The zero-order valence-corrected chi connectivity index (χ0v) is 11.7. The zero-order chi connectivity index (χ0) is 14.0. The van der Waals surface area contributed by atoms with Gasteiger partial charge in [0.25, 0.3) is 0 Å². The number of aliphatic carboxylic acids is 1. The van der Waals surface area contributed by atoms with Gasteiger partial charge in [-0.05, 0) is 25.2 Å². The van der Waals surface area contributed by atoms with Crippen LogP contribution in [0.1, 0.15) is 32.6 Å². The van der Waals surface area contributed by atoms with Crippen LogP contribution < -0.4 is 0 Å². The number of hydrogen-bond donors (Lipinski definition) is 1. The Bertz CT molecular complexity index is 357. The molecule has 4 unspecified atom stereocenters. The fourth-order valence-electron chi connectivity index (χ4n) is 3.33. The van der Waals surface area contributed by atoms with Gasteiger partial charge in [-0.3, -0.25) is 9.59 Å². The van der Waals surface area contributed by atoms with Crippen LogP contribution in [0, 0.1) is 17.8 Å². The second-order valence-electron chi connectivity index (χ2n) is 5.81. The fourth-order valence-corrected chi connectivity index (χ4v) is 3.33. The summed E-state index contributed by atoms with van der Waals surface area (Å²) < 4.78 is 5.41. The molecule has 1 aliphatic carbocycles. The minimum Gasteiger partial charge on any atom is -0.481 e. The Morgan fingerprint density at radius 2 is 1.89 bits per heavy atom. The Labute approximate surface area is 113 Å². The highest BCUT2D eigenvalue weighted by Gasteiger charge is 2.41. The van der Waals surface area contributed by atoms with Gasteiger partial charge >= 0.3 is 5.97 Å². The van der Waals surface area contributed by atoms with Gasteiger partial charge in [0.1, 0.15) is 0 Å². The van der Waals surface area contributed by atoms with Gasteiger partial charge in [0.05, 0.1) is 17.9 Å². The molecule has 0 aromatic heterocycles. The van der Waals surface area contributed by atoms with Crippen LogP contribution in [0.4, 0.5) is 0 Å². The van der Waals surface area contributed by atoms with E-state index in [-0.39, 0.29) is 17.9 Å². The fraction of sp³-hybridized carbons (Fsp3) is 0.857. The number of piperidine rings is 1. The highest BCUT2D eigenvalue weighted by Crippen LogP contribution is 2.34. The van der Waals surface area contributed by atoms with Gasteiger partial charge in [0.15, 0.2) is 0 Å². The summed E-state index contributed by atoms with van der Waals surface area (Å²) in [6, 6.07) is 0. The molecule has 0 spiro atoms. The molecule has 1 N–H and O–H groups in total. The second-order valence-corrected chi connectivity index (χ2v) is 5.81. The third kappa shape index (κ3) is 2.91. The number of amides is 1. The number of carbonyl (C=O) groups is 2. The average molecular weight is 269 g/mol. The number of methoxy groups -OCH3 is 1. The number of carboxylic acid groups (broad SMARTS) is 1. The zero-order valence-electron chi connectivity index (χ0n) is 11.7. The maximum atomic E-state index is 12.5. The lowest BCUT2D eigenvalue weighted by atomic mass is 9.91. The van der Waals surface area contributed by atoms with E-state index in [1.165, 1.54) is 0 Å². The van der Waals surface area contributed by atoms with Gasteiger partial charge in [-0.15, -0.1) is 0 Å². The second kappa shape index (κ2) is 5.90. The minimum absolute atomic E-state index is 0.0128. The molecule has 2 rings (SSSR count). The Balaban J connectivity index is 2.01. The number of rotatable bonds is 3. The van der Waals surface area contributed by atoms with Gasteiger partial charge < -0.3 is 14.7 Å². The van der Waals surface area contributed by atoms with Crippen LogP contribution in [-0.4, -0.2) is 48.2 Å². The predicted molar refractivity (Wildman–Crippen MR) is 69.6 cm³/mol. The summed E-state index contributed by atoms with van der Waals surface area (Å²) in [5, 5.41) is 9.18. The lowest BCUT2D eigenvalue weighted by Gasteiger charge is -2.37. The van der Waals surface area contributed by atoms with Crippen molar-refractivity contribution in [1.29, 1.82) is 0 Å². The molecule has 0 bridgehead atoms. The first-order valence-corrected chi connectivity index (χ1v) is 7.09. The van der Waals surface area contributed by atoms with E-state index in [1.807, 2.05) is 0 Å². The molecule has 0 aromatic rings. The van der Waals surface area contributed by atoms with E-state index in [1.54, 1.807) is 12.0 Å². The van der Waals surface area contributed by atoms with Crippen molar-refractivity contribution < 1.29 is 19.4 Å². The third-order valence-electron chi connectivity index (χ3n) is 4.65. The molecule has 2 aliphatic rings. The molecular formula is C14H23NO4. The van der Waals surface area contributed by atoms with E-state index in [0.717, 1.165) is 19.4 Å². The Kier molecular flexibility index (Phi) is 4.45. The first kappa shape index (κ1) is 14.3. The lowest BCUT2D eigenvalue weighted by Crippen LogP contribution is -2.49. The molecular weight excluding hydrogens is 246 g/mol. The maximum Gasteiger partial charge on any atom is 0.307 e. The first-order chi connectivity index (χ1) is 9.04. The smallest absolute Gasteiger partial charge is 0.307 e. The quantitative estimate of drug-likeness (QED) is 0.840. The van der Waals surface area contributed by atoms with Crippen LogP contribution in [0.25, 0.3) is 0 Å². The summed E-state index contributed by atoms with van der Waals surface area (Å²) in [5.41, 5.74) is 0. The van der Waals surface area contributed by atoms with Crippen molar-refractivity contribution in [3.8, 4) is 0 Å². The first-order valence-electron chi connectivity index (χ1n) is 7.09. The Hall–Kier alpha value is -1.10. The lowest BCUT2D eigenvalue weighted by molar-refractivity contribution is -0.151. The van der Waals surface area contributed by atoms with E-state index < -0.39 is 11.9 Å². The standard InChI is InChI=1S/C14H23NO4/c1-9-6-7-15(8-12(9)19-2)13(16)10-4-3-5-11(10)14(17)18/h9-12H,3-8H2,1-2H3,(H,17,18). The molecule has 1 aliphatic heterocycles. The Morgan fingerprint density at radius 1 is 1.21 bits per heavy atom. The van der Waals surface area contributed by atoms with Crippen LogP contribution in [-0.2, 0) is 14.3 Å². The molecule has 1 amide bonds. The normalized spacial score (nSPS) is 35.4. The van der Waals surface area contributed by atoms with Gasteiger partial charge in [-0.2, -0.15) is 0 Å². The van der Waals surface area contributed by atoms with Crippen LogP contribution in [0.15, 0.2) is 0 Å². The molecule has 4 atom stereocenters. The minimum atomic E-state index is -0.829. The van der Waals surface area contributed by atoms with E-state index in [0.29, 0.717) is 25.3 Å². The summed E-state index contributed by atoms with van der Waals surface area (Å²) in [4.78, 5) is 25.5. The summed E-state index contributed by atoms with van der Waals surface area (Å²) in [7, 11) is 1.67. The SMILES string of the molecule is COC1CN(C(=O)C2CCCC2C(=O)O)CCC1C. The largest absolute Gasteiger partial charge is 0.481 e. The highest BCUT2D eigenvalue weighted by atomic mass is 16.5. The third-order valence-corrected chi connectivity index (χ3v) is 4.65. The molecule has 5 heteroatoms. The number of carbonyl (C=O) groups excluding carboxylic acids is 1. The molecule has 1 heterocycles. The maximum absolute atomic E-state index is 12.5. The molecule has 2 fully saturated rings. The molecule has 0 radical (unpaired) electrons. The van der Waals surface area contributed by atoms with Crippen molar-refractivity contribution in [2.24, 2.45) is 17.8 Å². The predicted octanol–water partition coefficient (Wildman–Crippen LogP) is 1.37. The van der Waals surface area contributed by atoms with Gasteiger partial charge in [-0.25, -0.2) is 0 Å². The molecule has 5 nitrogen and oxygen atoms in total. The summed E-state index contributed by atoms with van der Waals surface area (Å²) in [6.45, 7) is 3.45. The molecule has 1 saturated heterocycles. The van der Waals surface area contributed by atoms with Crippen molar-refractivity contribution in [3.05, 3.63) is 0 Å². The van der Waals surface area contributed by atoms with Crippen molar-refractivity contribution in [2.75, 3.05) is 20.2 Å². The average Bonchev–Trinajstić information content (AvgIpc) is 2.87. The van der Waals surface area contributed by atoms with Crippen molar-refractivity contribution in [1.82, 2.24) is 4.90 Å². The summed E-state index contributed by atoms with van der Waals surface area (Å²) in [5.74, 6) is -1.19. The summed E-state index contributed by atoms with van der Waals surface area (Å²) >= 11 is 0. The molecule has 0 aromatic carbocycles. The number of likely N-dealkylation sites (tertiary alicyclic amines) is 1. The molecule has 19 heavy (non-hydrogen) atoms. The van der Waals surface area contributed by atoms with E-state index in [9.17, 15) is 14.7 Å². The van der Waals surface area contributed by atoms with Crippen molar-refractivity contribution in [3.63, 3.8) is 0 Å². The molecule has 108 valence electrons. The van der Waals surface area contributed by atoms with Crippen LogP contribution in [0.5, 0.6) is 0 Å². The van der Waals surface area contributed by atoms with E-state index in [2.05, 4.69) is 6.92 Å².